The second-order valence-corrected chi connectivity index (χ2v) is 15.6. The van der Waals surface area contributed by atoms with Crippen LogP contribution in [0.2, 0.25) is 18.1 Å². The van der Waals surface area contributed by atoms with E-state index in [0.717, 1.165) is 24.8 Å². The summed E-state index contributed by atoms with van der Waals surface area (Å²) in [6, 6.07) is 9.82. The maximum Gasteiger partial charge on any atom is 0.333 e. The third-order valence-electron chi connectivity index (χ3n) is 7.11. The molecule has 0 heterocycles. The zero-order chi connectivity index (χ0) is 24.4. The van der Waals surface area contributed by atoms with Crippen molar-refractivity contribution in [1.82, 2.24) is 0 Å². The molecule has 0 bridgehead atoms. The average molecular weight is 461 g/mol. The Labute approximate surface area is 199 Å². The molecule has 0 unspecified atom stereocenters. The van der Waals surface area contributed by atoms with Gasteiger partial charge in [0.1, 0.15) is 6.61 Å². The van der Waals surface area contributed by atoms with Crippen LogP contribution in [0, 0.1) is 11.8 Å². The Hall–Kier alpha value is -1.39. The Balaban J connectivity index is 2.77. The number of hydrogen-bond donors (Lipinski definition) is 0. The van der Waals surface area contributed by atoms with E-state index in [4.69, 9.17) is 9.16 Å². The molecular weight excluding hydrogens is 412 g/mol. The molecule has 0 aliphatic carbocycles. The highest BCUT2D eigenvalue weighted by atomic mass is 28.4. The third kappa shape index (κ3) is 9.62. The number of carbonyl (C=O) groups excluding carboxylic acids is 1. The van der Waals surface area contributed by atoms with Gasteiger partial charge in [0.15, 0.2) is 8.32 Å². The number of carbonyl (C=O) groups is 1. The minimum Gasteiger partial charge on any atom is -0.457 e. The number of rotatable bonds is 13. The van der Waals surface area contributed by atoms with E-state index in [1.165, 1.54) is 12.8 Å². The van der Waals surface area contributed by atoms with Crippen LogP contribution in [0.4, 0.5) is 0 Å². The normalized spacial score (nSPS) is 15.8. The maximum atomic E-state index is 12.4. The summed E-state index contributed by atoms with van der Waals surface area (Å²) in [6.07, 6.45) is 7.66. The van der Waals surface area contributed by atoms with E-state index in [1.54, 1.807) is 0 Å². The fourth-order valence-electron chi connectivity index (χ4n) is 3.64. The Kier molecular flexibility index (Phi) is 11.9. The van der Waals surface area contributed by atoms with Crippen molar-refractivity contribution in [2.24, 2.45) is 11.8 Å². The predicted molar refractivity (Wildman–Crippen MR) is 139 cm³/mol. The molecular formula is C28H48O3Si. The summed E-state index contributed by atoms with van der Waals surface area (Å²) >= 11 is 0. The molecule has 1 aromatic carbocycles. The lowest BCUT2D eigenvalue weighted by atomic mass is 9.85. The van der Waals surface area contributed by atoms with E-state index in [-0.39, 0.29) is 17.1 Å². The monoisotopic (exact) mass is 460 g/mol. The van der Waals surface area contributed by atoms with E-state index >= 15 is 0 Å². The highest BCUT2D eigenvalue weighted by Gasteiger charge is 2.40. The van der Waals surface area contributed by atoms with Gasteiger partial charge in [-0.2, -0.15) is 0 Å². The van der Waals surface area contributed by atoms with Gasteiger partial charge in [-0.15, -0.1) is 0 Å². The summed E-state index contributed by atoms with van der Waals surface area (Å²) in [7, 11) is -1.82. The van der Waals surface area contributed by atoms with Crippen molar-refractivity contribution in [3.05, 3.63) is 47.5 Å². The Morgan fingerprint density at radius 1 is 1.09 bits per heavy atom. The molecule has 0 saturated heterocycles. The summed E-state index contributed by atoms with van der Waals surface area (Å²) in [5.74, 6) is 0.961. The molecule has 1 rings (SSSR count). The molecule has 1 aromatic rings. The summed E-state index contributed by atoms with van der Waals surface area (Å²) < 4.78 is 12.4. The molecule has 0 amide bonds. The molecule has 0 aliphatic heterocycles. The van der Waals surface area contributed by atoms with Crippen LogP contribution < -0.4 is 0 Å². The lowest BCUT2D eigenvalue weighted by Gasteiger charge is -2.42. The molecule has 32 heavy (non-hydrogen) atoms. The van der Waals surface area contributed by atoms with Gasteiger partial charge in [0, 0.05) is 11.7 Å². The number of allylic oxidation sites excluding steroid dienone is 1. The molecule has 0 saturated carbocycles. The van der Waals surface area contributed by atoms with Gasteiger partial charge < -0.3 is 9.16 Å². The smallest absolute Gasteiger partial charge is 0.333 e. The molecule has 0 aliphatic rings. The van der Waals surface area contributed by atoms with Crippen LogP contribution in [0.15, 0.2) is 42.0 Å². The summed E-state index contributed by atoms with van der Waals surface area (Å²) in [5.41, 5.74) is 1.71. The minimum absolute atomic E-state index is 0.209. The third-order valence-corrected chi connectivity index (χ3v) is 11.6. The first-order valence-electron chi connectivity index (χ1n) is 12.5. The van der Waals surface area contributed by atoms with Crippen molar-refractivity contribution in [3.63, 3.8) is 0 Å². The standard InChI is InChI=1S/C28H48O3Si/c1-10-22(3)20-25(26(11-2)31-32(8,9)28(5,6)7)19-15-16-23(4)27(29)30-21-24-17-13-12-14-18-24/h12-14,16-18,22,25-26H,10-11,15,19-21H2,1-9H3/b23-16+/t22-,25-,26+/m0/s1. The van der Waals surface area contributed by atoms with E-state index in [2.05, 4.69) is 60.7 Å². The van der Waals surface area contributed by atoms with Crippen LogP contribution >= 0.6 is 0 Å². The molecule has 0 radical (unpaired) electrons. The first kappa shape index (κ1) is 28.6. The highest BCUT2D eigenvalue weighted by molar-refractivity contribution is 6.74. The summed E-state index contributed by atoms with van der Waals surface area (Å²) in [4.78, 5) is 12.4. The van der Waals surface area contributed by atoms with Gasteiger partial charge in [-0.3, -0.25) is 0 Å². The zero-order valence-electron chi connectivity index (χ0n) is 22.2. The first-order valence-corrected chi connectivity index (χ1v) is 15.4. The summed E-state index contributed by atoms with van der Waals surface area (Å²) in [5, 5.41) is 0.209. The Morgan fingerprint density at radius 3 is 2.25 bits per heavy atom. The fourth-order valence-corrected chi connectivity index (χ4v) is 5.11. The van der Waals surface area contributed by atoms with Crippen LogP contribution in [0.3, 0.4) is 0 Å². The van der Waals surface area contributed by atoms with E-state index in [9.17, 15) is 4.79 Å². The van der Waals surface area contributed by atoms with Gasteiger partial charge in [-0.25, -0.2) is 4.79 Å². The quantitative estimate of drug-likeness (QED) is 0.169. The predicted octanol–water partition coefficient (Wildman–Crippen LogP) is 8.31. The lowest BCUT2D eigenvalue weighted by molar-refractivity contribution is -0.140. The minimum atomic E-state index is -1.82. The number of hydrogen-bond acceptors (Lipinski definition) is 3. The largest absolute Gasteiger partial charge is 0.457 e. The molecule has 3 nitrogen and oxygen atoms in total. The van der Waals surface area contributed by atoms with Crippen LogP contribution in [0.25, 0.3) is 0 Å². The van der Waals surface area contributed by atoms with Gasteiger partial charge in [-0.05, 0) is 68.1 Å². The van der Waals surface area contributed by atoms with Crippen molar-refractivity contribution in [3.8, 4) is 0 Å². The van der Waals surface area contributed by atoms with Crippen LogP contribution in [0.5, 0.6) is 0 Å². The lowest BCUT2D eigenvalue weighted by Crippen LogP contribution is -2.45. The molecule has 0 aromatic heterocycles. The van der Waals surface area contributed by atoms with Gasteiger partial charge in [0.05, 0.1) is 0 Å². The van der Waals surface area contributed by atoms with Gasteiger partial charge in [-0.1, -0.05) is 84.4 Å². The Bertz CT molecular complexity index is 703. The van der Waals surface area contributed by atoms with Crippen molar-refractivity contribution < 1.29 is 14.0 Å². The van der Waals surface area contributed by atoms with Crippen molar-refractivity contribution >= 4 is 14.3 Å². The molecule has 3 atom stereocenters. The van der Waals surface area contributed by atoms with E-state index in [0.29, 0.717) is 24.0 Å². The van der Waals surface area contributed by atoms with Crippen LogP contribution in [-0.2, 0) is 20.6 Å². The van der Waals surface area contributed by atoms with Gasteiger partial charge >= 0.3 is 5.97 Å². The van der Waals surface area contributed by atoms with Crippen molar-refractivity contribution in [1.29, 1.82) is 0 Å². The van der Waals surface area contributed by atoms with E-state index in [1.807, 2.05) is 37.3 Å². The first-order chi connectivity index (χ1) is 14.9. The molecule has 0 spiro atoms. The number of benzene rings is 1. The SMILES string of the molecule is CC[C@H](C)C[C@H](CC/C=C(\C)C(=O)OCc1ccccc1)[C@@H](CC)O[Si](C)(C)C(C)(C)C. The molecule has 4 heteroatoms. The van der Waals surface area contributed by atoms with Gasteiger partial charge in [0.2, 0.25) is 0 Å². The van der Waals surface area contributed by atoms with Gasteiger partial charge in [0.25, 0.3) is 0 Å². The summed E-state index contributed by atoms with van der Waals surface area (Å²) in [6.45, 7) is 20.7. The van der Waals surface area contributed by atoms with Crippen molar-refractivity contribution in [2.75, 3.05) is 0 Å². The second-order valence-electron chi connectivity index (χ2n) is 10.9. The average Bonchev–Trinajstić information content (AvgIpc) is 2.74. The topological polar surface area (TPSA) is 35.5 Å². The molecule has 0 N–H and O–H groups in total. The zero-order valence-corrected chi connectivity index (χ0v) is 23.2. The van der Waals surface area contributed by atoms with Crippen LogP contribution in [-0.4, -0.2) is 20.4 Å². The number of ether oxygens (including phenoxy) is 1. The van der Waals surface area contributed by atoms with Crippen LogP contribution in [0.1, 0.15) is 86.1 Å². The Morgan fingerprint density at radius 2 is 1.72 bits per heavy atom. The fraction of sp³-hybridized carbons (Fsp3) is 0.679. The molecule has 182 valence electrons. The second kappa shape index (κ2) is 13.3. The maximum absolute atomic E-state index is 12.4. The number of esters is 1. The molecule has 0 fully saturated rings. The van der Waals surface area contributed by atoms with E-state index < -0.39 is 8.32 Å². The highest BCUT2D eigenvalue weighted by Crippen LogP contribution is 2.39. The van der Waals surface area contributed by atoms with Crippen molar-refractivity contribution in [2.45, 2.75) is 111 Å².